The molecule has 0 N–H and O–H groups in total. The van der Waals surface area contributed by atoms with Crippen molar-refractivity contribution in [2.45, 2.75) is 19.3 Å². The van der Waals surface area contributed by atoms with Crippen LogP contribution < -0.4 is 4.90 Å². The highest BCUT2D eigenvalue weighted by molar-refractivity contribution is 6.15. The van der Waals surface area contributed by atoms with E-state index in [1.165, 1.54) is 65.9 Å². The fraction of sp³-hybridized carbons (Fsp3) is 0.0588. The standard InChI is InChI=1S/C51H37N3/c1-51(2)45-24-14-12-22-39(45)42-29-30-43-40-23-13-15-25-46(40)54(50(43)49(42)51)38-26-28-41-44-32-37(52(34-16-6-3-7-17-34)35-18-8-4-9-19-35)27-31-47(44)53(48(41)33-38)36-20-10-5-11-21-36/h3-33H,1-2H3. The molecule has 0 unspecified atom stereocenters. The SMILES string of the molecule is CC1(C)c2ccccc2-c2ccc3c4ccccc4n(-c4ccc5c6cc(N(c7ccccc7)c7ccccc7)ccc6n(-c6ccccc6)c5c4)c3c21. The van der Waals surface area contributed by atoms with E-state index in [9.17, 15) is 0 Å². The van der Waals surface area contributed by atoms with Gasteiger partial charge in [0.25, 0.3) is 0 Å². The van der Waals surface area contributed by atoms with Gasteiger partial charge < -0.3 is 14.0 Å². The molecule has 3 heteroatoms. The van der Waals surface area contributed by atoms with Crippen LogP contribution in [0.15, 0.2) is 188 Å². The van der Waals surface area contributed by atoms with Crippen LogP contribution in [0.5, 0.6) is 0 Å². The van der Waals surface area contributed by atoms with Gasteiger partial charge in [-0.15, -0.1) is 0 Å². The second-order valence-corrected chi connectivity index (χ2v) is 15.0. The average Bonchev–Trinajstić information content (AvgIpc) is 3.81. The number of para-hydroxylation sites is 4. The maximum atomic E-state index is 2.53. The molecule has 0 bridgehead atoms. The van der Waals surface area contributed by atoms with E-state index in [2.05, 4.69) is 216 Å². The highest BCUT2D eigenvalue weighted by Crippen LogP contribution is 2.53. The molecule has 0 saturated heterocycles. The molecule has 0 atom stereocenters. The van der Waals surface area contributed by atoms with Crippen molar-refractivity contribution in [2.24, 2.45) is 0 Å². The van der Waals surface area contributed by atoms with Gasteiger partial charge in [-0.3, -0.25) is 0 Å². The van der Waals surface area contributed by atoms with E-state index < -0.39 is 0 Å². The second-order valence-electron chi connectivity index (χ2n) is 15.0. The topological polar surface area (TPSA) is 13.1 Å². The third-order valence-corrected chi connectivity index (χ3v) is 11.6. The van der Waals surface area contributed by atoms with Crippen molar-refractivity contribution < 1.29 is 0 Å². The van der Waals surface area contributed by atoms with Gasteiger partial charge in [0, 0.05) is 55.4 Å². The molecule has 1 aliphatic carbocycles. The first-order chi connectivity index (χ1) is 26.6. The highest BCUT2D eigenvalue weighted by atomic mass is 15.1. The zero-order valence-corrected chi connectivity index (χ0v) is 30.2. The van der Waals surface area contributed by atoms with E-state index in [0.29, 0.717) is 0 Å². The minimum atomic E-state index is -0.152. The summed E-state index contributed by atoms with van der Waals surface area (Å²) >= 11 is 0. The predicted octanol–water partition coefficient (Wildman–Crippen LogP) is 13.7. The molecule has 54 heavy (non-hydrogen) atoms. The molecule has 2 heterocycles. The van der Waals surface area contributed by atoms with Gasteiger partial charge in [-0.05, 0) is 95.1 Å². The number of fused-ring (bicyclic) bond motifs is 10. The lowest BCUT2D eigenvalue weighted by molar-refractivity contribution is 0.664. The van der Waals surface area contributed by atoms with Crippen LogP contribution in [0.3, 0.4) is 0 Å². The zero-order chi connectivity index (χ0) is 36.0. The Hall–Kier alpha value is -6.84. The summed E-state index contributed by atoms with van der Waals surface area (Å²) in [7, 11) is 0. The van der Waals surface area contributed by atoms with Gasteiger partial charge in [-0.1, -0.05) is 129 Å². The monoisotopic (exact) mass is 691 g/mol. The first-order valence-electron chi connectivity index (χ1n) is 18.8. The Morgan fingerprint density at radius 3 is 1.76 bits per heavy atom. The molecular weight excluding hydrogens is 655 g/mol. The van der Waals surface area contributed by atoms with Gasteiger partial charge in [-0.25, -0.2) is 0 Å². The molecule has 2 aromatic heterocycles. The molecule has 0 saturated carbocycles. The third kappa shape index (κ3) is 4.36. The van der Waals surface area contributed by atoms with E-state index in [4.69, 9.17) is 0 Å². The highest BCUT2D eigenvalue weighted by Gasteiger charge is 2.38. The number of benzene rings is 8. The predicted molar refractivity (Wildman–Crippen MR) is 227 cm³/mol. The van der Waals surface area contributed by atoms with E-state index in [1.807, 2.05) is 0 Å². The van der Waals surface area contributed by atoms with Crippen LogP contribution in [-0.2, 0) is 5.41 Å². The Kier molecular flexibility index (Phi) is 6.60. The number of hydrogen-bond donors (Lipinski definition) is 0. The Labute approximate surface area is 314 Å². The first kappa shape index (κ1) is 30.8. The lowest BCUT2D eigenvalue weighted by Gasteiger charge is -2.25. The number of anilines is 3. The fourth-order valence-electron chi connectivity index (χ4n) is 9.31. The molecule has 10 aromatic rings. The quantitative estimate of drug-likeness (QED) is 0.175. The van der Waals surface area contributed by atoms with Gasteiger partial charge in [0.1, 0.15) is 0 Å². The van der Waals surface area contributed by atoms with E-state index in [1.54, 1.807) is 0 Å². The summed E-state index contributed by atoms with van der Waals surface area (Å²) in [6.07, 6.45) is 0. The number of nitrogens with zero attached hydrogens (tertiary/aromatic N) is 3. The zero-order valence-electron chi connectivity index (χ0n) is 30.2. The summed E-state index contributed by atoms with van der Waals surface area (Å²) in [6.45, 7) is 4.78. The largest absolute Gasteiger partial charge is 0.310 e. The maximum Gasteiger partial charge on any atom is 0.0588 e. The van der Waals surface area contributed by atoms with Crippen molar-refractivity contribution in [3.8, 4) is 22.5 Å². The normalized spacial score (nSPS) is 13.1. The summed E-state index contributed by atoms with van der Waals surface area (Å²) in [6, 6.07) is 68.6. The lowest BCUT2D eigenvalue weighted by Crippen LogP contribution is -2.16. The molecule has 0 fully saturated rings. The molecular formula is C51H37N3. The smallest absolute Gasteiger partial charge is 0.0588 e. The van der Waals surface area contributed by atoms with Gasteiger partial charge in [0.05, 0.1) is 22.1 Å². The van der Waals surface area contributed by atoms with Crippen LogP contribution in [0.2, 0.25) is 0 Å². The average molecular weight is 692 g/mol. The molecule has 1 aliphatic rings. The van der Waals surface area contributed by atoms with Gasteiger partial charge in [0.15, 0.2) is 0 Å². The summed E-state index contributed by atoms with van der Waals surface area (Å²) in [5.41, 5.74) is 15.8. The Balaban J connectivity index is 1.20. The van der Waals surface area contributed by atoms with Crippen LogP contribution in [0.1, 0.15) is 25.0 Å². The van der Waals surface area contributed by atoms with E-state index in [0.717, 1.165) is 28.4 Å². The molecule has 0 spiro atoms. The number of aromatic nitrogens is 2. The van der Waals surface area contributed by atoms with Crippen molar-refractivity contribution in [2.75, 3.05) is 4.90 Å². The van der Waals surface area contributed by atoms with E-state index >= 15 is 0 Å². The molecule has 256 valence electrons. The maximum absolute atomic E-state index is 2.53. The lowest BCUT2D eigenvalue weighted by atomic mass is 9.81. The summed E-state index contributed by atoms with van der Waals surface area (Å²) in [4.78, 5) is 2.35. The van der Waals surface area contributed by atoms with E-state index in [-0.39, 0.29) is 5.41 Å². The Morgan fingerprint density at radius 1 is 0.389 bits per heavy atom. The van der Waals surface area contributed by atoms with Crippen LogP contribution in [0.25, 0.3) is 66.1 Å². The number of hydrogen-bond acceptors (Lipinski definition) is 1. The van der Waals surface area contributed by atoms with Crippen LogP contribution in [0, 0.1) is 0 Å². The van der Waals surface area contributed by atoms with Gasteiger partial charge >= 0.3 is 0 Å². The molecule has 11 rings (SSSR count). The van der Waals surface area contributed by atoms with Crippen LogP contribution in [-0.4, -0.2) is 9.13 Å². The number of rotatable bonds is 5. The molecule has 0 amide bonds. The van der Waals surface area contributed by atoms with Gasteiger partial charge in [-0.2, -0.15) is 0 Å². The molecule has 3 nitrogen and oxygen atoms in total. The fourth-order valence-corrected chi connectivity index (χ4v) is 9.31. The second kappa shape index (κ2) is 11.6. The summed E-state index contributed by atoms with van der Waals surface area (Å²) in [5.74, 6) is 0. The third-order valence-electron chi connectivity index (χ3n) is 11.6. The van der Waals surface area contributed by atoms with Crippen LogP contribution in [0.4, 0.5) is 17.1 Å². The molecule has 0 aliphatic heterocycles. The minimum Gasteiger partial charge on any atom is -0.310 e. The van der Waals surface area contributed by atoms with Crippen LogP contribution >= 0.6 is 0 Å². The van der Waals surface area contributed by atoms with Crippen molar-refractivity contribution in [1.82, 2.24) is 9.13 Å². The molecule has 0 radical (unpaired) electrons. The summed E-state index contributed by atoms with van der Waals surface area (Å²) in [5, 5.41) is 5.01. The summed E-state index contributed by atoms with van der Waals surface area (Å²) < 4.78 is 4.97. The Bertz CT molecular complexity index is 3020. The minimum absolute atomic E-state index is 0.152. The first-order valence-corrected chi connectivity index (χ1v) is 18.8. The Morgan fingerprint density at radius 2 is 1.00 bits per heavy atom. The van der Waals surface area contributed by atoms with Gasteiger partial charge in [0.2, 0.25) is 0 Å². The van der Waals surface area contributed by atoms with Crippen molar-refractivity contribution in [1.29, 1.82) is 0 Å². The molecule has 8 aromatic carbocycles. The van der Waals surface area contributed by atoms with Crippen molar-refractivity contribution >= 4 is 60.7 Å². The van der Waals surface area contributed by atoms with Crippen molar-refractivity contribution in [3.63, 3.8) is 0 Å². The van der Waals surface area contributed by atoms with Crippen molar-refractivity contribution in [3.05, 3.63) is 199 Å².